The molecule has 2 rings (SSSR count). The van der Waals surface area contributed by atoms with E-state index in [1.807, 2.05) is 30.5 Å². The van der Waals surface area contributed by atoms with Crippen LogP contribution in [-0.2, 0) is 0 Å². The molecule has 60 valence electrons. The van der Waals surface area contributed by atoms with Crippen LogP contribution in [0.2, 0.25) is 0 Å². The number of hydrogen-bond acceptors (Lipinski definition) is 2. The SMILES string of the molecule is N/N=C/c1cccc2cc[nH]c12. The molecule has 0 radical (unpaired) electrons. The first kappa shape index (κ1) is 6.91. The zero-order valence-corrected chi connectivity index (χ0v) is 6.49. The number of nitrogens with one attached hydrogen (secondary N) is 1. The lowest BCUT2D eigenvalue weighted by molar-refractivity contribution is 1.26. The van der Waals surface area contributed by atoms with Gasteiger partial charge in [-0.2, -0.15) is 5.10 Å². The third kappa shape index (κ3) is 0.955. The average Bonchev–Trinajstić information content (AvgIpc) is 2.53. The first-order chi connectivity index (χ1) is 5.92. The predicted molar refractivity (Wildman–Crippen MR) is 50.1 cm³/mol. The molecule has 3 nitrogen and oxygen atoms in total. The molecule has 0 saturated carbocycles. The Labute approximate surface area is 69.9 Å². The molecule has 3 heteroatoms. The van der Waals surface area contributed by atoms with Crippen LogP contribution in [0.4, 0.5) is 0 Å². The molecular weight excluding hydrogens is 150 g/mol. The zero-order valence-electron chi connectivity index (χ0n) is 6.49. The summed E-state index contributed by atoms with van der Waals surface area (Å²) in [5, 5.41) is 4.66. The molecule has 0 saturated heterocycles. The summed E-state index contributed by atoms with van der Waals surface area (Å²) in [6.45, 7) is 0. The van der Waals surface area contributed by atoms with E-state index < -0.39 is 0 Å². The number of rotatable bonds is 1. The van der Waals surface area contributed by atoms with E-state index in [-0.39, 0.29) is 0 Å². The van der Waals surface area contributed by atoms with Crippen LogP contribution in [0.5, 0.6) is 0 Å². The summed E-state index contributed by atoms with van der Waals surface area (Å²) in [7, 11) is 0. The average molecular weight is 159 g/mol. The molecule has 1 heterocycles. The normalized spacial score (nSPS) is 11.3. The monoisotopic (exact) mass is 159 g/mol. The first-order valence-electron chi connectivity index (χ1n) is 3.71. The Balaban J connectivity index is 2.73. The van der Waals surface area contributed by atoms with Gasteiger partial charge in [0.1, 0.15) is 0 Å². The highest BCUT2D eigenvalue weighted by Crippen LogP contribution is 2.14. The maximum Gasteiger partial charge on any atom is 0.0559 e. The van der Waals surface area contributed by atoms with Gasteiger partial charge in [0.05, 0.1) is 11.7 Å². The second-order valence-corrected chi connectivity index (χ2v) is 2.57. The van der Waals surface area contributed by atoms with E-state index >= 15 is 0 Å². The quantitative estimate of drug-likeness (QED) is 0.369. The fraction of sp³-hybridized carbons (Fsp3) is 0. The first-order valence-corrected chi connectivity index (χ1v) is 3.71. The van der Waals surface area contributed by atoms with Crippen molar-refractivity contribution in [2.75, 3.05) is 0 Å². The van der Waals surface area contributed by atoms with Crippen LogP contribution in [0.15, 0.2) is 35.6 Å². The van der Waals surface area contributed by atoms with Crippen LogP contribution < -0.4 is 5.84 Å². The summed E-state index contributed by atoms with van der Waals surface area (Å²) in [6.07, 6.45) is 3.54. The van der Waals surface area contributed by atoms with Gasteiger partial charge in [0.2, 0.25) is 0 Å². The number of aromatic nitrogens is 1. The van der Waals surface area contributed by atoms with Crippen molar-refractivity contribution in [1.82, 2.24) is 4.98 Å². The van der Waals surface area contributed by atoms with Crippen molar-refractivity contribution in [1.29, 1.82) is 0 Å². The highest BCUT2D eigenvalue weighted by atomic mass is 15.1. The van der Waals surface area contributed by atoms with E-state index in [4.69, 9.17) is 5.84 Å². The van der Waals surface area contributed by atoms with Crippen molar-refractivity contribution in [3.63, 3.8) is 0 Å². The van der Waals surface area contributed by atoms with Crippen LogP contribution in [0.3, 0.4) is 0 Å². The van der Waals surface area contributed by atoms with Gasteiger partial charge >= 0.3 is 0 Å². The van der Waals surface area contributed by atoms with E-state index in [0.717, 1.165) is 11.1 Å². The fourth-order valence-electron chi connectivity index (χ4n) is 1.30. The van der Waals surface area contributed by atoms with Gasteiger partial charge in [-0.15, -0.1) is 0 Å². The highest BCUT2D eigenvalue weighted by Gasteiger charge is 1.97. The van der Waals surface area contributed by atoms with E-state index in [9.17, 15) is 0 Å². The molecule has 2 aromatic rings. The third-order valence-electron chi connectivity index (χ3n) is 1.83. The molecular formula is C9H9N3. The van der Waals surface area contributed by atoms with Crippen LogP contribution in [-0.4, -0.2) is 11.2 Å². The summed E-state index contributed by atoms with van der Waals surface area (Å²) < 4.78 is 0. The van der Waals surface area contributed by atoms with E-state index in [1.54, 1.807) is 6.21 Å². The smallest absolute Gasteiger partial charge is 0.0559 e. The lowest BCUT2D eigenvalue weighted by Gasteiger charge is -1.93. The molecule has 0 unspecified atom stereocenters. The number of para-hydroxylation sites is 1. The predicted octanol–water partition coefficient (Wildman–Crippen LogP) is 1.46. The number of hydrogen-bond donors (Lipinski definition) is 2. The largest absolute Gasteiger partial charge is 0.361 e. The molecule has 0 aliphatic heterocycles. The van der Waals surface area contributed by atoms with Gasteiger partial charge in [0.25, 0.3) is 0 Å². The van der Waals surface area contributed by atoms with Crippen LogP contribution in [0.25, 0.3) is 10.9 Å². The minimum atomic E-state index is 1.01. The topological polar surface area (TPSA) is 54.2 Å². The fourth-order valence-corrected chi connectivity index (χ4v) is 1.30. The number of nitrogens with zero attached hydrogens (tertiary/aromatic N) is 1. The Kier molecular flexibility index (Phi) is 1.55. The Morgan fingerprint density at radius 3 is 3.08 bits per heavy atom. The maximum atomic E-state index is 5.08. The number of aromatic amines is 1. The van der Waals surface area contributed by atoms with Crippen molar-refractivity contribution in [3.8, 4) is 0 Å². The number of benzene rings is 1. The molecule has 0 fully saturated rings. The number of H-pyrrole nitrogens is 1. The minimum Gasteiger partial charge on any atom is -0.361 e. The zero-order chi connectivity index (χ0) is 8.39. The lowest BCUT2D eigenvalue weighted by Crippen LogP contribution is -1.87. The van der Waals surface area contributed by atoms with Gasteiger partial charge in [-0.25, -0.2) is 0 Å². The Morgan fingerprint density at radius 1 is 1.33 bits per heavy atom. The van der Waals surface area contributed by atoms with Crippen molar-refractivity contribution < 1.29 is 0 Å². The number of hydrazone groups is 1. The van der Waals surface area contributed by atoms with Crippen molar-refractivity contribution in [3.05, 3.63) is 36.0 Å². The summed E-state index contributed by atoms with van der Waals surface area (Å²) in [4.78, 5) is 3.13. The van der Waals surface area contributed by atoms with Gasteiger partial charge in [-0.1, -0.05) is 18.2 Å². The van der Waals surface area contributed by atoms with Crippen molar-refractivity contribution in [2.24, 2.45) is 10.9 Å². The third-order valence-corrected chi connectivity index (χ3v) is 1.83. The second-order valence-electron chi connectivity index (χ2n) is 2.57. The molecule has 1 aromatic heterocycles. The second kappa shape index (κ2) is 2.70. The summed E-state index contributed by atoms with van der Waals surface area (Å²) >= 11 is 0. The Hall–Kier alpha value is -1.77. The molecule has 0 bridgehead atoms. The van der Waals surface area contributed by atoms with Crippen LogP contribution >= 0.6 is 0 Å². The van der Waals surface area contributed by atoms with Gasteiger partial charge in [-0.3, -0.25) is 0 Å². The van der Waals surface area contributed by atoms with Gasteiger partial charge in [0, 0.05) is 17.1 Å². The van der Waals surface area contributed by atoms with Gasteiger partial charge < -0.3 is 10.8 Å². The molecule has 12 heavy (non-hydrogen) atoms. The summed E-state index contributed by atoms with van der Waals surface area (Å²) in [5.41, 5.74) is 2.09. The van der Waals surface area contributed by atoms with E-state index in [0.29, 0.717) is 0 Å². The van der Waals surface area contributed by atoms with Crippen molar-refractivity contribution in [2.45, 2.75) is 0 Å². The Bertz CT molecular complexity index is 414. The van der Waals surface area contributed by atoms with Gasteiger partial charge in [0.15, 0.2) is 0 Å². The Morgan fingerprint density at radius 2 is 2.25 bits per heavy atom. The van der Waals surface area contributed by atoms with Gasteiger partial charge in [-0.05, 0) is 6.07 Å². The summed E-state index contributed by atoms with van der Waals surface area (Å²) in [6, 6.07) is 8.01. The van der Waals surface area contributed by atoms with E-state index in [2.05, 4.69) is 10.1 Å². The lowest BCUT2D eigenvalue weighted by atomic mass is 10.2. The molecule has 0 aliphatic rings. The molecule has 0 atom stereocenters. The molecule has 0 spiro atoms. The maximum absolute atomic E-state index is 5.08. The summed E-state index contributed by atoms with van der Waals surface area (Å²) in [5.74, 6) is 5.08. The number of fused-ring (bicyclic) bond motifs is 1. The van der Waals surface area contributed by atoms with Crippen LogP contribution in [0, 0.1) is 0 Å². The molecule has 0 amide bonds. The standard InChI is InChI=1S/C9H9N3/c10-12-6-8-3-1-2-7-4-5-11-9(7)8/h1-6,11H,10H2/b12-6+. The minimum absolute atomic E-state index is 1.01. The highest BCUT2D eigenvalue weighted by molar-refractivity contribution is 5.97. The molecule has 0 aliphatic carbocycles. The van der Waals surface area contributed by atoms with E-state index in [1.165, 1.54) is 5.39 Å². The number of nitrogens with two attached hydrogens (primary N) is 1. The van der Waals surface area contributed by atoms with Crippen LogP contribution in [0.1, 0.15) is 5.56 Å². The van der Waals surface area contributed by atoms with Crippen molar-refractivity contribution >= 4 is 17.1 Å². The molecule has 1 aromatic carbocycles. The molecule has 3 N–H and O–H groups in total.